The predicted octanol–water partition coefficient (Wildman–Crippen LogP) is 2.05. The van der Waals surface area contributed by atoms with Gasteiger partial charge in [0.25, 0.3) is 0 Å². The third kappa shape index (κ3) is 20.2. The third-order valence-electron chi connectivity index (χ3n) is 2.63. The highest BCUT2D eigenvalue weighted by atomic mass is 15.2. The average Bonchev–Trinajstić information content (AvgIpc) is 3.10. The summed E-state index contributed by atoms with van der Waals surface area (Å²) in [6.45, 7) is 21.7. The van der Waals surface area contributed by atoms with Crippen molar-refractivity contribution in [3.63, 3.8) is 0 Å². The fourth-order valence-electron chi connectivity index (χ4n) is 1.93. The highest BCUT2D eigenvalue weighted by molar-refractivity contribution is 4.66. The van der Waals surface area contributed by atoms with E-state index in [2.05, 4.69) is 70.9 Å². The molecule has 0 aromatic heterocycles. The van der Waals surface area contributed by atoms with Crippen molar-refractivity contribution < 1.29 is 0 Å². The van der Waals surface area contributed by atoms with Crippen LogP contribution in [0.1, 0.15) is 55.4 Å². The van der Waals surface area contributed by atoms with Crippen LogP contribution in [0.4, 0.5) is 0 Å². The molecule has 20 heavy (non-hydrogen) atoms. The van der Waals surface area contributed by atoms with Crippen LogP contribution in [0.15, 0.2) is 0 Å². The van der Waals surface area contributed by atoms with Crippen LogP contribution < -0.4 is 16.4 Å². The normalized spacial score (nSPS) is 13.5. The Morgan fingerprint density at radius 2 is 1.25 bits per heavy atom. The lowest BCUT2D eigenvalue weighted by molar-refractivity contribution is 0.180. The highest BCUT2D eigenvalue weighted by Gasteiger charge is 2.10. The number of nitrogens with one attached hydrogen (secondary N) is 2. The zero-order valence-electron chi connectivity index (χ0n) is 15.2. The zero-order valence-corrected chi connectivity index (χ0v) is 15.2. The Morgan fingerprint density at radius 3 is 1.30 bits per heavy atom. The quantitative estimate of drug-likeness (QED) is 0.655. The second-order valence-electron chi connectivity index (χ2n) is 6.44. The largest absolute Gasteiger partial charge is 0.329 e. The first kappa shape index (κ1) is 22.1. The summed E-state index contributed by atoms with van der Waals surface area (Å²) in [5, 5.41) is 6.31. The van der Waals surface area contributed by atoms with E-state index in [0.717, 1.165) is 13.1 Å². The van der Waals surface area contributed by atoms with Gasteiger partial charge in [0.2, 0.25) is 0 Å². The van der Waals surface area contributed by atoms with E-state index in [1.165, 1.54) is 13.1 Å². The summed E-state index contributed by atoms with van der Waals surface area (Å²) in [7, 11) is 0. The van der Waals surface area contributed by atoms with Gasteiger partial charge in [-0.1, -0.05) is 27.7 Å². The van der Waals surface area contributed by atoms with Crippen molar-refractivity contribution in [1.29, 1.82) is 0 Å². The highest BCUT2D eigenvalue weighted by Crippen LogP contribution is 2.02. The van der Waals surface area contributed by atoms with Crippen LogP contribution in [0.2, 0.25) is 0 Å². The summed E-state index contributed by atoms with van der Waals surface area (Å²) in [6, 6.07) is 2.48. The van der Waals surface area contributed by atoms with Crippen LogP contribution in [-0.2, 0) is 0 Å². The van der Waals surface area contributed by atoms with E-state index in [1.807, 2.05) is 0 Å². The maximum absolute atomic E-state index is 5.46. The van der Waals surface area contributed by atoms with E-state index in [1.54, 1.807) is 0 Å². The molecule has 1 aliphatic heterocycles. The van der Waals surface area contributed by atoms with Crippen molar-refractivity contribution in [2.45, 2.75) is 79.6 Å². The van der Waals surface area contributed by atoms with E-state index in [9.17, 15) is 0 Å². The molecule has 0 unspecified atom stereocenters. The van der Waals surface area contributed by atoms with E-state index < -0.39 is 0 Å². The Labute approximate surface area is 127 Å². The number of hydrogen-bond acceptors (Lipinski definition) is 4. The van der Waals surface area contributed by atoms with Crippen molar-refractivity contribution in [3.05, 3.63) is 0 Å². The van der Waals surface area contributed by atoms with Gasteiger partial charge in [-0.25, -0.2) is 0 Å². The minimum absolute atomic E-state index is 0.614. The molecule has 0 atom stereocenters. The van der Waals surface area contributed by atoms with Gasteiger partial charge < -0.3 is 16.4 Å². The Bertz CT molecular complexity index is 172. The van der Waals surface area contributed by atoms with Crippen LogP contribution in [0.3, 0.4) is 0 Å². The lowest BCUT2D eigenvalue weighted by Gasteiger charge is -2.29. The monoisotopic (exact) mass is 288 g/mol. The molecule has 1 aliphatic rings. The first-order valence-corrected chi connectivity index (χ1v) is 8.14. The molecule has 1 saturated heterocycles. The van der Waals surface area contributed by atoms with Crippen LogP contribution in [0, 0.1) is 0 Å². The molecule has 4 heteroatoms. The van der Waals surface area contributed by atoms with Crippen molar-refractivity contribution >= 4 is 0 Å². The second-order valence-corrected chi connectivity index (χ2v) is 6.44. The van der Waals surface area contributed by atoms with Gasteiger partial charge in [0.05, 0.1) is 0 Å². The van der Waals surface area contributed by atoms with E-state index >= 15 is 0 Å². The fourth-order valence-corrected chi connectivity index (χ4v) is 1.93. The van der Waals surface area contributed by atoms with Gasteiger partial charge in [0, 0.05) is 50.3 Å². The summed E-state index contributed by atoms with van der Waals surface area (Å²) >= 11 is 0. The average molecular weight is 289 g/mol. The molecule has 124 valence electrons. The number of nitrogens with two attached hydrogens (primary N) is 1. The summed E-state index contributed by atoms with van der Waals surface area (Å²) < 4.78 is 0. The minimum atomic E-state index is 0.614. The van der Waals surface area contributed by atoms with E-state index in [0.29, 0.717) is 24.2 Å². The Kier molecular flexibility index (Phi) is 15.3. The molecule has 1 rings (SSSR count). The van der Waals surface area contributed by atoms with Crippen molar-refractivity contribution in [1.82, 2.24) is 15.5 Å². The Hall–Kier alpha value is -0.160. The SMILES string of the molecule is C1CN1.CC(C)N(CCN)C(C)C.CC(C)NC(C)C. The van der Waals surface area contributed by atoms with Crippen LogP contribution in [0.25, 0.3) is 0 Å². The maximum Gasteiger partial charge on any atom is 0.0110 e. The smallest absolute Gasteiger partial charge is 0.0110 e. The molecule has 1 heterocycles. The fraction of sp³-hybridized carbons (Fsp3) is 1.00. The number of hydrogen-bond donors (Lipinski definition) is 3. The first-order chi connectivity index (χ1) is 9.22. The maximum atomic E-state index is 5.46. The van der Waals surface area contributed by atoms with E-state index in [4.69, 9.17) is 5.73 Å². The molecular formula is C16H40N4. The van der Waals surface area contributed by atoms with Crippen molar-refractivity contribution in [3.8, 4) is 0 Å². The van der Waals surface area contributed by atoms with Crippen LogP contribution in [0.5, 0.6) is 0 Å². The standard InChI is InChI=1S/C8H20N2.C6H15N.C2H5N/c1-7(2)10(6-5-9)8(3)4;1-5(2)7-6(3)4;1-2-3-1/h7-8H,5-6,9H2,1-4H3;5-7H,1-4H3;3H,1-2H2. The summed E-state index contributed by atoms with van der Waals surface area (Å²) in [4.78, 5) is 2.39. The van der Waals surface area contributed by atoms with Crippen molar-refractivity contribution in [2.24, 2.45) is 5.73 Å². The summed E-state index contributed by atoms with van der Waals surface area (Å²) in [5.41, 5.74) is 5.46. The molecule has 0 radical (unpaired) electrons. The molecular weight excluding hydrogens is 248 g/mol. The topological polar surface area (TPSA) is 63.2 Å². The molecule has 0 amide bonds. The molecule has 0 bridgehead atoms. The molecule has 0 aliphatic carbocycles. The Morgan fingerprint density at radius 1 is 0.900 bits per heavy atom. The zero-order chi connectivity index (χ0) is 16.1. The molecule has 0 aromatic carbocycles. The lowest BCUT2D eigenvalue weighted by Crippen LogP contribution is -2.40. The summed E-state index contributed by atoms with van der Waals surface area (Å²) in [6.07, 6.45) is 0. The molecule has 4 N–H and O–H groups in total. The minimum Gasteiger partial charge on any atom is -0.329 e. The lowest BCUT2D eigenvalue weighted by atomic mass is 10.2. The third-order valence-corrected chi connectivity index (χ3v) is 2.63. The van der Waals surface area contributed by atoms with Gasteiger partial charge in [0.1, 0.15) is 0 Å². The molecule has 0 spiro atoms. The van der Waals surface area contributed by atoms with Gasteiger partial charge in [-0.15, -0.1) is 0 Å². The van der Waals surface area contributed by atoms with Gasteiger partial charge in [-0.05, 0) is 27.7 Å². The first-order valence-electron chi connectivity index (χ1n) is 8.14. The second kappa shape index (κ2) is 13.8. The predicted molar refractivity (Wildman–Crippen MR) is 92.3 cm³/mol. The Balaban J connectivity index is 0. The number of nitrogens with zero attached hydrogens (tertiary/aromatic N) is 1. The van der Waals surface area contributed by atoms with Gasteiger partial charge >= 0.3 is 0 Å². The van der Waals surface area contributed by atoms with Crippen LogP contribution in [-0.4, -0.2) is 55.2 Å². The molecule has 0 aromatic rings. The van der Waals surface area contributed by atoms with Gasteiger partial charge in [-0.2, -0.15) is 0 Å². The molecule has 4 nitrogen and oxygen atoms in total. The summed E-state index contributed by atoms with van der Waals surface area (Å²) in [5.74, 6) is 0. The number of rotatable bonds is 6. The van der Waals surface area contributed by atoms with Crippen molar-refractivity contribution in [2.75, 3.05) is 26.2 Å². The molecule has 1 fully saturated rings. The molecule has 0 saturated carbocycles. The van der Waals surface area contributed by atoms with Gasteiger partial charge in [-0.3, -0.25) is 4.90 Å². The van der Waals surface area contributed by atoms with E-state index in [-0.39, 0.29) is 0 Å². The van der Waals surface area contributed by atoms with Gasteiger partial charge in [0.15, 0.2) is 0 Å². The van der Waals surface area contributed by atoms with Crippen LogP contribution >= 0.6 is 0 Å².